The summed E-state index contributed by atoms with van der Waals surface area (Å²) < 4.78 is 0. The molecule has 0 radical (unpaired) electrons. The summed E-state index contributed by atoms with van der Waals surface area (Å²) in [7, 11) is 0. The van der Waals surface area contributed by atoms with Crippen molar-refractivity contribution < 1.29 is 4.79 Å². The van der Waals surface area contributed by atoms with Crippen LogP contribution < -0.4 is 0 Å². The summed E-state index contributed by atoms with van der Waals surface area (Å²) in [4.78, 5) is 10.8. The summed E-state index contributed by atoms with van der Waals surface area (Å²) in [6.07, 6.45) is 7.85. The summed E-state index contributed by atoms with van der Waals surface area (Å²) in [5, 5.41) is 6.50. The number of hydrogen-bond donors (Lipinski definition) is 0. The number of ketones is 1. The zero-order valence-corrected chi connectivity index (χ0v) is 6.88. The normalized spacial score (nSPS) is 18.9. The first-order chi connectivity index (χ1) is 5.39. The van der Waals surface area contributed by atoms with Crippen molar-refractivity contribution in [2.45, 2.75) is 44.9 Å². The first-order valence-corrected chi connectivity index (χ1v) is 4.17. The first-order valence-electron chi connectivity index (χ1n) is 4.17. The van der Waals surface area contributed by atoms with E-state index >= 15 is 0 Å². The van der Waals surface area contributed by atoms with Gasteiger partial charge in [-0.25, -0.2) is 5.26 Å². The Morgan fingerprint density at radius 2 is 1.27 bits per heavy atom. The molecule has 0 N–H and O–H groups in total. The van der Waals surface area contributed by atoms with Gasteiger partial charge in [-0.3, -0.25) is 4.79 Å². The largest absolute Gasteiger partial charge is 0.300 e. The molecule has 0 aromatic carbocycles. The molecule has 0 unspecified atom stereocenters. The van der Waals surface area contributed by atoms with Gasteiger partial charge in [0.1, 0.15) is 5.78 Å². The van der Waals surface area contributed by atoms with Crippen LogP contribution in [0.2, 0.25) is 0 Å². The molecule has 1 rings (SSSR count). The molecule has 62 valence electrons. The molecular weight excluding hydrogens is 138 g/mol. The van der Waals surface area contributed by atoms with Crippen LogP contribution in [0.1, 0.15) is 44.9 Å². The number of carbonyl (C=O) groups excluding carboxylic acids is 1. The third kappa shape index (κ3) is 5.60. The molecule has 0 bridgehead atoms. The van der Waals surface area contributed by atoms with E-state index in [2.05, 4.69) is 6.57 Å². The maximum Gasteiger partial charge on any atom is 0.132 e. The molecule has 0 aromatic rings. The van der Waals surface area contributed by atoms with E-state index in [0.29, 0.717) is 5.78 Å². The first kappa shape index (κ1) is 10.2. The van der Waals surface area contributed by atoms with Gasteiger partial charge in [0.05, 0.1) is 0 Å². The highest BCUT2D eigenvalue weighted by Gasteiger charge is 2.04. The number of Topliss-reactive ketones (excluding diaryl/α,β-unsaturated/α-hetero) is 1. The smallest absolute Gasteiger partial charge is 0.132 e. The van der Waals surface area contributed by atoms with Gasteiger partial charge in [0.15, 0.2) is 0 Å². The van der Waals surface area contributed by atoms with Crippen molar-refractivity contribution in [2.75, 3.05) is 0 Å². The summed E-state index contributed by atoms with van der Waals surface area (Å²) in [6.45, 7) is 3.50. The van der Waals surface area contributed by atoms with Gasteiger partial charge in [0, 0.05) is 19.4 Å². The van der Waals surface area contributed by atoms with E-state index in [-0.39, 0.29) is 0 Å². The minimum atomic E-state index is 0.481. The van der Waals surface area contributed by atoms with Crippen LogP contribution in [0.25, 0.3) is 0 Å². The average Bonchev–Trinajstić information content (AvgIpc) is 2.01. The second kappa shape index (κ2) is 7.27. The molecule has 1 aliphatic carbocycles. The van der Waals surface area contributed by atoms with Crippen molar-refractivity contribution in [3.8, 4) is 6.57 Å². The van der Waals surface area contributed by atoms with Gasteiger partial charge in [-0.05, 0) is 12.8 Å². The Kier molecular flexibility index (Phi) is 6.71. The van der Waals surface area contributed by atoms with Crippen molar-refractivity contribution in [3.63, 3.8) is 0 Å². The van der Waals surface area contributed by atoms with E-state index in [1.54, 1.807) is 0 Å². The molecule has 0 saturated heterocycles. The van der Waals surface area contributed by atoms with E-state index in [4.69, 9.17) is 5.26 Å². The second-order valence-electron chi connectivity index (χ2n) is 2.81. The Hall–Kier alpha value is -0.840. The molecule has 0 aromatic heterocycles. The third-order valence-corrected chi connectivity index (χ3v) is 1.91. The van der Waals surface area contributed by atoms with Crippen LogP contribution in [0.15, 0.2) is 0 Å². The van der Waals surface area contributed by atoms with Crippen LogP contribution in [-0.2, 0) is 4.79 Å². The summed E-state index contributed by atoms with van der Waals surface area (Å²) in [5.41, 5.74) is 0. The highest BCUT2D eigenvalue weighted by atomic mass is 16.1. The average molecular weight is 153 g/mol. The molecule has 11 heavy (non-hydrogen) atoms. The van der Waals surface area contributed by atoms with Gasteiger partial charge >= 0.3 is 0 Å². The van der Waals surface area contributed by atoms with E-state index in [0.717, 1.165) is 25.7 Å². The second-order valence-corrected chi connectivity index (χ2v) is 2.81. The Labute approximate surface area is 68.2 Å². The van der Waals surface area contributed by atoms with Gasteiger partial charge in [-0.2, -0.15) is 0 Å². The van der Waals surface area contributed by atoms with E-state index in [1.807, 2.05) is 0 Å². The molecule has 0 atom stereocenters. The van der Waals surface area contributed by atoms with Crippen molar-refractivity contribution in [1.82, 2.24) is 0 Å². The number of nitriles is 1. The predicted molar refractivity (Wildman–Crippen MR) is 44.0 cm³/mol. The Morgan fingerprint density at radius 3 is 1.73 bits per heavy atom. The van der Waals surface area contributed by atoms with Crippen LogP contribution in [0, 0.1) is 11.8 Å². The minimum absolute atomic E-state index is 0.481. The van der Waals surface area contributed by atoms with Crippen LogP contribution in [0.3, 0.4) is 0 Å². The monoisotopic (exact) mass is 153 g/mol. The SMILES string of the molecule is C#N.O=C1CCCCCCC1. The third-order valence-electron chi connectivity index (χ3n) is 1.91. The van der Waals surface area contributed by atoms with E-state index < -0.39 is 0 Å². The number of hydrogen-bond acceptors (Lipinski definition) is 2. The zero-order chi connectivity index (χ0) is 8.53. The molecule has 0 spiro atoms. The van der Waals surface area contributed by atoms with Crippen LogP contribution >= 0.6 is 0 Å². The van der Waals surface area contributed by atoms with Crippen LogP contribution in [-0.4, -0.2) is 5.78 Å². The van der Waals surface area contributed by atoms with Gasteiger partial charge in [-0.1, -0.05) is 19.3 Å². The molecule has 0 heterocycles. The van der Waals surface area contributed by atoms with Gasteiger partial charge < -0.3 is 0 Å². The fraction of sp³-hybridized carbons (Fsp3) is 0.778. The number of rotatable bonds is 0. The van der Waals surface area contributed by atoms with Gasteiger partial charge in [0.25, 0.3) is 0 Å². The molecule has 0 aliphatic heterocycles. The number of nitrogens with zero attached hydrogens (tertiary/aromatic N) is 1. The molecule has 2 heteroatoms. The minimum Gasteiger partial charge on any atom is -0.300 e. The quantitative estimate of drug-likeness (QED) is 0.536. The molecule has 1 fully saturated rings. The Balaban J connectivity index is 0.000000461. The maximum atomic E-state index is 10.8. The van der Waals surface area contributed by atoms with Crippen LogP contribution in [0.4, 0.5) is 0 Å². The topological polar surface area (TPSA) is 40.9 Å². The lowest BCUT2D eigenvalue weighted by molar-refractivity contribution is -0.119. The lowest BCUT2D eigenvalue weighted by Gasteiger charge is -2.05. The Morgan fingerprint density at radius 1 is 0.909 bits per heavy atom. The van der Waals surface area contributed by atoms with Crippen LogP contribution in [0.5, 0.6) is 0 Å². The molecular formula is C9H15NO. The summed E-state index contributed by atoms with van der Waals surface area (Å²) >= 11 is 0. The summed E-state index contributed by atoms with van der Waals surface area (Å²) in [6, 6.07) is 0. The summed E-state index contributed by atoms with van der Waals surface area (Å²) in [5.74, 6) is 0.481. The van der Waals surface area contributed by atoms with E-state index in [1.165, 1.54) is 19.3 Å². The van der Waals surface area contributed by atoms with Crippen molar-refractivity contribution in [3.05, 3.63) is 0 Å². The highest BCUT2D eigenvalue weighted by molar-refractivity contribution is 5.78. The van der Waals surface area contributed by atoms with Gasteiger partial charge in [-0.15, -0.1) is 0 Å². The van der Waals surface area contributed by atoms with Crippen molar-refractivity contribution >= 4 is 5.78 Å². The predicted octanol–water partition coefficient (Wildman–Crippen LogP) is 2.44. The Bertz CT molecular complexity index is 119. The molecule has 2 nitrogen and oxygen atoms in total. The number of carbonyl (C=O) groups is 1. The van der Waals surface area contributed by atoms with E-state index in [9.17, 15) is 4.79 Å². The fourth-order valence-electron chi connectivity index (χ4n) is 1.30. The zero-order valence-electron chi connectivity index (χ0n) is 6.88. The van der Waals surface area contributed by atoms with Crippen molar-refractivity contribution in [2.24, 2.45) is 0 Å². The van der Waals surface area contributed by atoms with Gasteiger partial charge in [0.2, 0.25) is 0 Å². The molecule has 0 amide bonds. The molecule has 1 aliphatic rings. The maximum absolute atomic E-state index is 10.8. The fourth-order valence-corrected chi connectivity index (χ4v) is 1.30. The molecule has 1 saturated carbocycles. The lowest BCUT2D eigenvalue weighted by Crippen LogP contribution is -2.00. The standard InChI is InChI=1S/C8H14O.CHN/c9-8-6-4-2-1-3-5-7-8;1-2/h1-7H2;1H. The lowest BCUT2D eigenvalue weighted by atomic mass is 10.0. The highest BCUT2D eigenvalue weighted by Crippen LogP contribution is 2.13. The van der Waals surface area contributed by atoms with Crippen molar-refractivity contribution in [1.29, 1.82) is 5.26 Å².